The van der Waals surface area contributed by atoms with Gasteiger partial charge in [0.2, 0.25) is 0 Å². The Morgan fingerprint density at radius 3 is 2.60 bits per heavy atom. The molecule has 1 atom stereocenters. The number of carbonyl (C=O) groups excluding carboxylic acids is 2. The molecule has 1 aromatic carbocycles. The summed E-state index contributed by atoms with van der Waals surface area (Å²) in [5.74, 6) is -1.03. The first-order valence-corrected chi connectivity index (χ1v) is 8.26. The maximum Gasteiger partial charge on any atom is 0.259 e. The van der Waals surface area contributed by atoms with Gasteiger partial charge in [-0.2, -0.15) is 5.10 Å². The van der Waals surface area contributed by atoms with E-state index in [0.717, 1.165) is 31.6 Å². The highest BCUT2D eigenvalue weighted by atomic mass is 19.1. The van der Waals surface area contributed by atoms with E-state index < -0.39 is 11.8 Å². The average Bonchev–Trinajstić information content (AvgIpc) is 3.19. The third-order valence-electron chi connectivity index (χ3n) is 4.64. The van der Waals surface area contributed by atoms with Crippen molar-refractivity contribution in [2.75, 3.05) is 13.1 Å². The molecule has 4 rings (SSSR count). The highest BCUT2D eigenvalue weighted by Crippen LogP contribution is 2.36. The molecule has 2 aliphatic rings. The van der Waals surface area contributed by atoms with Gasteiger partial charge in [-0.05, 0) is 43.7 Å². The van der Waals surface area contributed by atoms with Gasteiger partial charge in [-0.1, -0.05) is 0 Å². The highest BCUT2D eigenvalue weighted by Gasteiger charge is 2.32. The van der Waals surface area contributed by atoms with Gasteiger partial charge in [0.05, 0.1) is 5.57 Å². The van der Waals surface area contributed by atoms with E-state index in [1.165, 1.54) is 18.2 Å². The summed E-state index contributed by atoms with van der Waals surface area (Å²) < 4.78 is 13.3. The van der Waals surface area contributed by atoms with Crippen LogP contribution >= 0.6 is 0 Å². The number of H-pyrrole nitrogens is 1. The van der Waals surface area contributed by atoms with Gasteiger partial charge in [0.1, 0.15) is 11.5 Å². The van der Waals surface area contributed by atoms with Crippen LogP contribution in [0.1, 0.15) is 30.0 Å². The fraction of sp³-hybridized carbons (Fsp3) is 0.278. The van der Waals surface area contributed by atoms with Gasteiger partial charge in [0, 0.05) is 35.4 Å². The predicted octanol–water partition coefficient (Wildman–Crippen LogP) is 1.72. The van der Waals surface area contributed by atoms with Gasteiger partial charge in [-0.3, -0.25) is 20.0 Å². The molecule has 0 saturated carbocycles. The maximum absolute atomic E-state index is 13.3. The summed E-state index contributed by atoms with van der Waals surface area (Å²) in [6.45, 7) is 1.74. The molecule has 1 saturated heterocycles. The minimum absolute atomic E-state index is 0.176. The first kappa shape index (κ1) is 15.7. The second-order valence-corrected chi connectivity index (χ2v) is 6.29. The molecule has 25 heavy (non-hydrogen) atoms. The molecule has 128 valence electrons. The summed E-state index contributed by atoms with van der Waals surface area (Å²) in [7, 11) is 0. The third-order valence-corrected chi connectivity index (χ3v) is 4.64. The van der Waals surface area contributed by atoms with Crippen LogP contribution < -0.4 is 10.6 Å². The van der Waals surface area contributed by atoms with Crippen LogP contribution in [0.2, 0.25) is 0 Å². The fourth-order valence-electron chi connectivity index (χ4n) is 3.44. The number of nitrogens with zero attached hydrogens (tertiary/aromatic N) is 1. The van der Waals surface area contributed by atoms with E-state index in [-0.39, 0.29) is 11.7 Å². The van der Waals surface area contributed by atoms with Crippen LogP contribution in [0.25, 0.3) is 16.8 Å². The maximum atomic E-state index is 13.3. The molecule has 2 aliphatic heterocycles. The summed E-state index contributed by atoms with van der Waals surface area (Å²) in [5, 5.41) is 13.1. The number of benzene rings is 1. The predicted molar refractivity (Wildman–Crippen MR) is 90.0 cm³/mol. The van der Waals surface area contributed by atoms with Crippen LogP contribution in [-0.4, -0.2) is 35.1 Å². The normalized spacial score (nSPS) is 20.5. The number of aromatic nitrogens is 2. The number of hydrogen-bond donors (Lipinski definition) is 3. The van der Waals surface area contributed by atoms with Crippen molar-refractivity contribution in [3.63, 3.8) is 0 Å². The number of rotatable bonds is 3. The van der Waals surface area contributed by atoms with Gasteiger partial charge in [0.25, 0.3) is 11.8 Å². The third kappa shape index (κ3) is 2.87. The van der Waals surface area contributed by atoms with E-state index in [1.54, 1.807) is 12.1 Å². The molecule has 2 amide bonds. The molecule has 6 nitrogen and oxygen atoms in total. The molecule has 0 radical (unpaired) electrons. The largest absolute Gasteiger partial charge is 0.316 e. The topological polar surface area (TPSA) is 86.9 Å². The zero-order valence-corrected chi connectivity index (χ0v) is 13.4. The molecular formula is C18H17FN4O2. The van der Waals surface area contributed by atoms with Crippen molar-refractivity contribution in [2.45, 2.75) is 18.8 Å². The Morgan fingerprint density at radius 2 is 1.96 bits per heavy atom. The van der Waals surface area contributed by atoms with Crippen molar-refractivity contribution in [3.8, 4) is 11.3 Å². The Bertz CT molecular complexity index is 864. The Balaban J connectivity index is 1.85. The Labute approximate surface area is 143 Å². The molecule has 1 aromatic heterocycles. The van der Waals surface area contributed by atoms with E-state index in [1.807, 2.05) is 0 Å². The number of carbonyl (C=O) groups is 2. The molecule has 7 heteroatoms. The van der Waals surface area contributed by atoms with Crippen LogP contribution in [0.3, 0.4) is 0 Å². The number of imide groups is 1. The minimum Gasteiger partial charge on any atom is -0.316 e. The smallest absolute Gasteiger partial charge is 0.259 e. The van der Waals surface area contributed by atoms with Crippen LogP contribution in [0.5, 0.6) is 0 Å². The first-order chi connectivity index (χ1) is 12.1. The zero-order valence-electron chi connectivity index (χ0n) is 13.4. The molecule has 0 bridgehead atoms. The van der Waals surface area contributed by atoms with Crippen LogP contribution in [0.4, 0.5) is 4.39 Å². The first-order valence-electron chi connectivity index (χ1n) is 8.26. The number of halogens is 1. The highest BCUT2D eigenvalue weighted by molar-refractivity contribution is 6.34. The van der Waals surface area contributed by atoms with Crippen LogP contribution in [-0.2, 0) is 9.59 Å². The van der Waals surface area contributed by atoms with E-state index >= 15 is 0 Å². The van der Waals surface area contributed by atoms with Gasteiger partial charge in [-0.15, -0.1) is 0 Å². The quantitative estimate of drug-likeness (QED) is 0.743. The number of aromatic amines is 1. The van der Waals surface area contributed by atoms with Crippen LogP contribution in [0.15, 0.2) is 30.3 Å². The lowest BCUT2D eigenvalue weighted by atomic mass is 9.89. The summed E-state index contributed by atoms with van der Waals surface area (Å²) in [6, 6.07) is 5.94. The van der Waals surface area contributed by atoms with Crippen molar-refractivity contribution in [1.29, 1.82) is 0 Å². The standard InChI is InChI=1S/C18H17FN4O2/c19-12-5-3-10(4-6-12)16-15(13-8-14(24)21-18(13)25)17(23-22-16)11-2-1-7-20-9-11/h3-6,8,11,20H,1-2,7,9H2,(H,22,23)(H,21,24,25)/t11-/m1/s1. The number of piperidine rings is 1. The minimum atomic E-state index is -0.432. The molecule has 3 heterocycles. The van der Waals surface area contributed by atoms with Crippen molar-refractivity contribution >= 4 is 17.4 Å². The number of amides is 2. The lowest BCUT2D eigenvalue weighted by Crippen LogP contribution is -2.29. The lowest BCUT2D eigenvalue weighted by Gasteiger charge is -2.22. The molecule has 0 aliphatic carbocycles. The van der Waals surface area contributed by atoms with Crippen molar-refractivity contribution in [1.82, 2.24) is 20.8 Å². The fourth-order valence-corrected chi connectivity index (χ4v) is 3.44. The van der Waals surface area contributed by atoms with E-state index in [0.29, 0.717) is 22.4 Å². The number of nitrogens with one attached hydrogen (secondary N) is 3. The Morgan fingerprint density at radius 1 is 1.16 bits per heavy atom. The van der Waals surface area contributed by atoms with Crippen molar-refractivity contribution < 1.29 is 14.0 Å². The van der Waals surface area contributed by atoms with Gasteiger partial charge in [0.15, 0.2) is 0 Å². The lowest BCUT2D eigenvalue weighted by molar-refractivity contribution is -0.123. The molecule has 1 fully saturated rings. The van der Waals surface area contributed by atoms with Gasteiger partial charge in [-0.25, -0.2) is 4.39 Å². The summed E-state index contributed by atoms with van der Waals surface area (Å²) in [4.78, 5) is 23.9. The monoisotopic (exact) mass is 340 g/mol. The van der Waals surface area contributed by atoms with Gasteiger partial charge < -0.3 is 5.32 Å². The van der Waals surface area contributed by atoms with E-state index in [4.69, 9.17) is 0 Å². The van der Waals surface area contributed by atoms with Crippen LogP contribution in [0, 0.1) is 5.82 Å². The zero-order chi connectivity index (χ0) is 17.4. The Kier molecular flexibility index (Phi) is 3.93. The number of hydrogen-bond acceptors (Lipinski definition) is 4. The summed E-state index contributed by atoms with van der Waals surface area (Å²) >= 11 is 0. The second kappa shape index (κ2) is 6.25. The SMILES string of the molecule is O=C1C=C(c2c(-c3ccc(F)cc3)n[nH]c2[C@@H]2CCCNC2)C(=O)N1. The molecule has 3 N–H and O–H groups in total. The van der Waals surface area contributed by atoms with Gasteiger partial charge >= 0.3 is 0 Å². The summed E-state index contributed by atoms with van der Waals surface area (Å²) in [6.07, 6.45) is 3.30. The average molecular weight is 340 g/mol. The Hall–Kier alpha value is -2.80. The van der Waals surface area contributed by atoms with Crippen molar-refractivity contribution in [2.24, 2.45) is 0 Å². The molecule has 0 spiro atoms. The molecular weight excluding hydrogens is 323 g/mol. The molecule has 2 aromatic rings. The second-order valence-electron chi connectivity index (χ2n) is 6.29. The summed E-state index contributed by atoms with van der Waals surface area (Å²) in [5.41, 5.74) is 3.01. The van der Waals surface area contributed by atoms with E-state index in [2.05, 4.69) is 20.8 Å². The van der Waals surface area contributed by atoms with Crippen molar-refractivity contribution in [3.05, 3.63) is 47.4 Å². The molecule has 0 unspecified atom stereocenters. The van der Waals surface area contributed by atoms with E-state index in [9.17, 15) is 14.0 Å².